The zero-order chi connectivity index (χ0) is 16.2. The standard InChI is InChI=1S/C20H23FN2/c1-2-14-10-11-19-17(13-14)15(7-5-6-12-22)20(23-19)16-8-3-4-9-18(16)21/h3-4,8-11,13,23H,2,5-7,12,22H2,1H3. The van der Waals surface area contributed by atoms with Crippen molar-refractivity contribution in [2.24, 2.45) is 5.73 Å². The predicted molar refractivity (Wildman–Crippen MR) is 95.1 cm³/mol. The summed E-state index contributed by atoms with van der Waals surface area (Å²) in [4.78, 5) is 3.43. The van der Waals surface area contributed by atoms with Crippen LogP contribution in [0.5, 0.6) is 0 Å². The van der Waals surface area contributed by atoms with Crippen molar-refractivity contribution in [3.63, 3.8) is 0 Å². The second-order valence-corrected chi connectivity index (χ2v) is 5.94. The van der Waals surface area contributed by atoms with E-state index in [0.29, 0.717) is 12.1 Å². The molecule has 1 heterocycles. The third-order valence-electron chi connectivity index (χ3n) is 4.40. The van der Waals surface area contributed by atoms with Gasteiger partial charge in [0.2, 0.25) is 0 Å². The predicted octanol–water partition coefficient (Wildman–Crippen LogP) is 4.82. The molecule has 0 saturated carbocycles. The summed E-state index contributed by atoms with van der Waals surface area (Å²) in [6.07, 6.45) is 3.91. The molecule has 0 aliphatic rings. The fourth-order valence-corrected chi connectivity index (χ4v) is 3.11. The zero-order valence-electron chi connectivity index (χ0n) is 13.5. The van der Waals surface area contributed by atoms with E-state index >= 15 is 0 Å². The van der Waals surface area contributed by atoms with E-state index in [1.165, 1.54) is 22.6 Å². The van der Waals surface area contributed by atoms with Gasteiger partial charge in [0.15, 0.2) is 0 Å². The van der Waals surface area contributed by atoms with Crippen molar-refractivity contribution in [2.75, 3.05) is 6.54 Å². The number of hydrogen-bond donors (Lipinski definition) is 2. The average molecular weight is 310 g/mol. The number of nitrogens with one attached hydrogen (secondary N) is 1. The van der Waals surface area contributed by atoms with Crippen LogP contribution in [0.15, 0.2) is 42.5 Å². The van der Waals surface area contributed by atoms with E-state index in [4.69, 9.17) is 5.73 Å². The van der Waals surface area contributed by atoms with Gasteiger partial charge in [0.05, 0.1) is 5.69 Å². The van der Waals surface area contributed by atoms with Crippen molar-refractivity contribution >= 4 is 10.9 Å². The lowest BCUT2D eigenvalue weighted by Crippen LogP contribution is -1.99. The van der Waals surface area contributed by atoms with Crippen molar-refractivity contribution in [3.8, 4) is 11.3 Å². The summed E-state index contributed by atoms with van der Waals surface area (Å²) in [6, 6.07) is 13.4. The molecular weight excluding hydrogens is 287 g/mol. The molecule has 0 atom stereocenters. The Morgan fingerprint density at radius 2 is 1.91 bits per heavy atom. The number of aromatic nitrogens is 1. The third-order valence-corrected chi connectivity index (χ3v) is 4.40. The lowest BCUT2D eigenvalue weighted by atomic mass is 9.98. The van der Waals surface area contributed by atoms with Gasteiger partial charge in [0, 0.05) is 16.5 Å². The number of fused-ring (bicyclic) bond motifs is 1. The van der Waals surface area contributed by atoms with E-state index in [-0.39, 0.29) is 5.82 Å². The van der Waals surface area contributed by atoms with Crippen molar-refractivity contribution < 1.29 is 4.39 Å². The molecule has 23 heavy (non-hydrogen) atoms. The molecular formula is C20H23FN2. The van der Waals surface area contributed by atoms with Gasteiger partial charge in [-0.3, -0.25) is 0 Å². The fourth-order valence-electron chi connectivity index (χ4n) is 3.11. The van der Waals surface area contributed by atoms with Crippen LogP contribution in [0.25, 0.3) is 22.2 Å². The summed E-state index contributed by atoms with van der Waals surface area (Å²) < 4.78 is 14.3. The first-order valence-electron chi connectivity index (χ1n) is 8.33. The van der Waals surface area contributed by atoms with Crippen LogP contribution < -0.4 is 5.73 Å². The van der Waals surface area contributed by atoms with Gasteiger partial charge in [-0.15, -0.1) is 0 Å². The van der Waals surface area contributed by atoms with Crippen molar-refractivity contribution in [2.45, 2.75) is 32.6 Å². The first kappa shape index (κ1) is 15.8. The van der Waals surface area contributed by atoms with E-state index < -0.39 is 0 Å². The van der Waals surface area contributed by atoms with Crippen LogP contribution in [0.2, 0.25) is 0 Å². The summed E-state index contributed by atoms with van der Waals surface area (Å²) in [6.45, 7) is 2.84. The molecule has 0 unspecified atom stereocenters. The van der Waals surface area contributed by atoms with Gasteiger partial charge in [-0.25, -0.2) is 4.39 Å². The molecule has 120 valence electrons. The second kappa shape index (κ2) is 6.97. The number of H-pyrrole nitrogens is 1. The van der Waals surface area contributed by atoms with Crippen LogP contribution in [0, 0.1) is 5.82 Å². The summed E-state index contributed by atoms with van der Waals surface area (Å²) in [5, 5.41) is 1.21. The van der Waals surface area contributed by atoms with Crippen LogP contribution >= 0.6 is 0 Å². The summed E-state index contributed by atoms with van der Waals surface area (Å²) >= 11 is 0. The minimum absolute atomic E-state index is 0.185. The summed E-state index contributed by atoms with van der Waals surface area (Å²) in [5.74, 6) is -0.185. The number of aromatic amines is 1. The van der Waals surface area contributed by atoms with E-state index in [1.54, 1.807) is 6.07 Å². The Hall–Kier alpha value is -2.13. The Morgan fingerprint density at radius 1 is 1.09 bits per heavy atom. The molecule has 0 radical (unpaired) electrons. The second-order valence-electron chi connectivity index (χ2n) is 5.94. The maximum Gasteiger partial charge on any atom is 0.132 e. The van der Waals surface area contributed by atoms with Crippen LogP contribution in [-0.2, 0) is 12.8 Å². The highest BCUT2D eigenvalue weighted by atomic mass is 19.1. The molecule has 3 heteroatoms. The Balaban J connectivity index is 2.15. The highest BCUT2D eigenvalue weighted by Crippen LogP contribution is 2.33. The fraction of sp³-hybridized carbons (Fsp3) is 0.300. The molecule has 0 bridgehead atoms. The molecule has 0 fully saturated rings. The lowest BCUT2D eigenvalue weighted by Gasteiger charge is -2.06. The molecule has 1 aromatic heterocycles. The van der Waals surface area contributed by atoms with Gasteiger partial charge in [0.1, 0.15) is 5.82 Å². The topological polar surface area (TPSA) is 41.8 Å². The maximum absolute atomic E-state index is 14.3. The lowest BCUT2D eigenvalue weighted by molar-refractivity contribution is 0.630. The quantitative estimate of drug-likeness (QED) is 0.630. The van der Waals surface area contributed by atoms with Crippen LogP contribution in [0.3, 0.4) is 0 Å². The molecule has 3 aromatic rings. The first-order chi connectivity index (χ1) is 11.2. The van der Waals surface area contributed by atoms with E-state index in [0.717, 1.165) is 36.9 Å². The highest BCUT2D eigenvalue weighted by Gasteiger charge is 2.15. The van der Waals surface area contributed by atoms with Gasteiger partial charge in [0.25, 0.3) is 0 Å². The zero-order valence-corrected chi connectivity index (χ0v) is 13.5. The minimum Gasteiger partial charge on any atom is -0.354 e. The average Bonchev–Trinajstić information content (AvgIpc) is 2.93. The van der Waals surface area contributed by atoms with E-state index in [9.17, 15) is 4.39 Å². The van der Waals surface area contributed by atoms with Crippen LogP contribution in [0.1, 0.15) is 30.9 Å². The number of aryl methyl sites for hydroxylation is 2. The number of hydrogen-bond acceptors (Lipinski definition) is 1. The van der Waals surface area contributed by atoms with Crippen LogP contribution in [0.4, 0.5) is 4.39 Å². The molecule has 0 aliphatic carbocycles. The monoisotopic (exact) mass is 310 g/mol. The number of benzene rings is 2. The minimum atomic E-state index is -0.185. The molecule has 3 N–H and O–H groups in total. The first-order valence-corrected chi connectivity index (χ1v) is 8.33. The van der Waals surface area contributed by atoms with E-state index in [2.05, 4.69) is 30.1 Å². The van der Waals surface area contributed by atoms with E-state index in [1.807, 2.05) is 12.1 Å². The van der Waals surface area contributed by atoms with Gasteiger partial charge in [-0.2, -0.15) is 0 Å². The smallest absolute Gasteiger partial charge is 0.132 e. The number of nitrogens with two attached hydrogens (primary N) is 1. The molecule has 0 spiro atoms. The third kappa shape index (κ3) is 3.15. The van der Waals surface area contributed by atoms with Crippen LogP contribution in [-0.4, -0.2) is 11.5 Å². The number of unbranched alkanes of at least 4 members (excludes halogenated alkanes) is 1. The molecule has 2 aromatic carbocycles. The van der Waals surface area contributed by atoms with Gasteiger partial charge < -0.3 is 10.7 Å². The molecule has 3 rings (SSSR count). The summed E-state index contributed by atoms with van der Waals surface area (Å²) in [7, 11) is 0. The van der Waals surface area contributed by atoms with Gasteiger partial charge in [-0.05, 0) is 67.6 Å². The molecule has 0 aliphatic heterocycles. The van der Waals surface area contributed by atoms with Crippen molar-refractivity contribution in [3.05, 3.63) is 59.4 Å². The highest BCUT2D eigenvalue weighted by molar-refractivity contribution is 5.91. The molecule has 0 saturated heterocycles. The van der Waals surface area contributed by atoms with Crippen molar-refractivity contribution in [1.29, 1.82) is 0 Å². The number of rotatable bonds is 6. The van der Waals surface area contributed by atoms with Gasteiger partial charge in [-0.1, -0.05) is 25.1 Å². The molecule has 2 nitrogen and oxygen atoms in total. The largest absolute Gasteiger partial charge is 0.354 e. The Labute approximate surface area is 136 Å². The summed E-state index contributed by atoms with van der Waals surface area (Å²) in [5.41, 5.74) is 10.8. The Bertz CT molecular complexity index is 805. The Kier molecular flexibility index (Phi) is 4.77. The van der Waals surface area contributed by atoms with Crippen molar-refractivity contribution in [1.82, 2.24) is 4.98 Å². The Morgan fingerprint density at radius 3 is 2.65 bits per heavy atom. The SMILES string of the molecule is CCc1ccc2[nH]c(-c3ccccc3F)c(CCCCN)c2c1. The maximum atomic E-state index is 14.3. The van der Waals surface area contributed by atoms with Gasteiger partial charge >= 0.3 is 0 Å². The molecule has 0 amide bonds. The number of halogens is 1. The normalized spacial score (nSPS) is 11.3.